The highest BCUT2D eigenvalue weighted by molar-refractivity contribution is 6.16. The number of nitrogens with zero attached hydrogens (tertiary/aromatic N) is 2. The van der Waals surface area contributed by atoms with Crippen LogP contribution >= 0.6 is 0 Å². The molecule has 5 nitrogen and oxygen atoms in total. The number of carbonyl (C=O) groups is 2. The first-order valence-electron chi connectivity index (χ1n) is 6.85. The van der Waals surface area contributed by atoms with E-state index in [1.807, 2.05) is 12.1 Å². The van der Waals surface area contributed by atoms with Gasteiger partial charge in [0.25, 0.3) is 0 Å². The molecule has 2 aromatic rings. The summed E-state index contributed by atoms with van der Waals surface area (Å²) in [6.07, 6.45) is 2.96. The zero-order valence-electron chi connectivity index (χ0n) is 12.0. The Morgan fingerprint density at radius 3 is 2.86 bits per heavy atom. The minimum absolute atomic E-state index is 0.134. The molecule has 0 aliphatic heterocycles. The Morgan fingerprint density at radius 2 is 2.19 bits per heavy atom. The van der Waals surface area contributed by atoms with Gasteiger partial charge in [0, 0.05) is 18.8 Å². The van der Waals surface area contributed by atoms with E-state index in [-0.39, 0.29) is 11.6 Å². The molecular weight excluding hydrogens is 268 g/mol. The molecule has 1 heterocycles. The maximum absolute atomic E-state index is 12.6. The molecule has 0 radical (unpaired) electrons. The fraction of sp³-hybridized carbons (Fsp3) is 0.312. The predicted molar refractivity (Wildman–Crippen MR) is 76.7 cm³/mol. The number of carbonyl (C=O) groups excluding carboxylic acids is 2. The summed E-state index contributed by atoms with van der Waals surface area (Å²) in [6.45, 7) is 0. The zero-order valence-corrected chi connectivity index (χ0v) is 12.0. The van der Waals surface area contributed by atoms with Gasteiger partial charge >= 0.3 is 0 Å². The standard InChI is InChI=1S/C16H16N2O3/c1-18-8-7-14(17-18)16(20)12-6-4-10-3-5-11(21-2)9-13(10)15(12)19/h3,5,7-9,12H,4,6H2,1-2H3. The molecule has 0 saturated carbocycles. The molecule has 0 spiro atoms. The van der Waals surface area contributed by atoms with E-state index in [0.29, 0.717) is 29.8 Å². The number of hydrogen-bond acceptors (Lipinski definition) is 4. The van der Waals surface area contributed by atoms with Crippen LogP contribution in [-0.2, 0) is 13.5 Å². The molecule has 1 aromatic heterocycles. The zero-order chi connectivity index (χ0) is 15.0. The average molecular weight is 284 g/mol. The van der Waals surface area contributed by atoms with Gasteiger partial charge in [-0.2, -0.15) is 5.10 Å². The number of rotatable bonds is 3. The monoisotopic (exact) mass is 284 g/mol. The summed E-state index contributed by atoms with van der Waals surface area (Å²) in [4.78, 5) is 25.1. The molecule has 0 saturated heterocycles. The summed E-state index contributed by atoms with van der Waals surface area (Å²) >= 11 is 0. The number of ketones is 2. The van der Waals surface area contributed by atoms with Gasteiger partial charge in [-0.3, -0.25) is 14.3 Å². The van der Waals surface area contributed by atoms with Crippen LogP contribution in [-0.4, -0.2) is 28.5 Å². The molecule has 1 unspecified atom stereocenters. The quantitative estimate of drug-likeness (QED) is 0.639. The van der Waals surface area contributed by atoms with Crippen LogP contribution in [0.15, 0.2) is 30.5 Å². The van der Waals surface area contributed by atoms with E-state index in [1.165, 1.54) is 0 Å². The van der Waals surface area contributed by atoms with Gasteiger partial charge < -0.3 is 4.74 Å². The smallest absolute Gasteiger partial charge is 0.193 e. The molecule has 0 amide bonds. The third-order valence-electron chi connectivity index (χ3n) is 3.88. The van der Waals surface area contributed by atoms with Crippen molar-refractivity contribution in [2.75, 3.05) is 7.11 Å². The van der Waals surface area contributed by atoms with Gasteiger partial charge in [-0.25, -0.2) is 0 Å². The van der Waals surface area contributed by atoms with E-state index in [9.17, 15) is 9.59 Å². The largest absolute Gasteiger partial charge is 0.497 e. The summed E-state index contributed by atoms with van der Waals surface area (Å²) in [7, 11) is 3.31. The van der Waals surface area contributed by atoms with Crippen molar-refractivity contribution in [3.63, 3.8) is 0 Å². The van der Waals surface area contributed by atoms with Crippen molar-refractivity contribution in [3.8, 4) is 5.75 Å². The van der Waals surface area contributed by atoms with E-state index in [2.05, 4.69) is 5.10 Å². The Balaban J connectivity index is 1.93. The van der Waals surface area contributed by atoms with Gasteiger partial charge in [-0.15, -0.1) is 0 Å². The lowest BCUT2D eigenvalue weighted by atomic mass is 9.80. The highest BCUT2D eigenvalue weighted by atomic mass is 16.5. The minimum atomic E-state index is -0.639. The third-order valence-corrected chi connectivity index (χ3v) is 3.88. The van der Waals surface area contributed by atoms with Gasteiger partial charge in [0.1, 0.15) is 11.4 Å². The number of fused-ring (bicyclic) bond motifs is 1. The molecule has 3 rings (SSSR count). The van der Waals surface area contributed by atoms with Crippen LogP contribution in [0.4, 0.5) is 0 Å². The van der Waals surface area contributed by atoms with Crippen molar-refractivity contribution in [1.29, 1.82) is 0 Å². The highest BCUT2D eigenvalue weighted by Crippen LogP contribution is 2.30. The number of ether oxygens (including phenoxy) is 1. The Hall–Kier alpha value is -2.43. The Morgan fingerprint density at radius 1 is 1.38 bits per heavy atom. The topological polar surface area (TPSA) is 61.2 Å². The number of aromatic nitrogens is 2. The number of aryl methyl sites for hydroxylation is 2. The predicted octanol–water partition coefficient (Wildman–Crippen LogP) is 2.06. The molecule has 108 valence electrons. The molecule has 1 aromatic carbocycles. The van der Waals surface area contributed by atoms with Crippen LogP contribution in [0.2, 0.25) is 0 Å². The van der Waals surface area contributed by atoms with Crippen molar-refractivity contribution in [1.82, 2.24) is 9.78 Å². The summed E-state index contributed by atoms with van der Waals surface area (Å²) in [6, 6.07) is 7.10. The summed E-state index contributed by atoms with van der Waals surface area (Å²) in [5, 5.41) is 4.10. The third kappa shape index (κ3) is 2.35. The molecule has 0 N–H and O–H groups in total. The highest BCUT2D eigenvalue weighted by Gasteiger charge is 2.34. The second-order valence-electron chi connectivity index (χ2n) is 5.22. The van der Waals surface area contributed by atoms with Gasteiger partial charge in [-0.1, -0.05) is 6.07 Å². The summed E-state index contributed by atoms with van der Waals surface area (Å²) in [5.41, 5.74) is 1.92. The van der Waals surface area contributed by atoms with Gasteiger partial charge in [-0.05, 0) is 36.6 Å². The number of benzene rings is 1. The van der Waals surface area contributed by atoms with Crippen molar-refractivity contribution < 1.29 is 14.3 Å². The first-order chi connectivity index (χ1) is 10.1. The molecule has 1 aliphatic rings. The summed E-state index contributed by atoms with van der Waals surface area (Å²) in [5.74, 6) is -0.340. The van der Waals surface area contributed by atoms with E-state index in [1.54, 1.807) is 37.2 Å². The second-order valence-corrected chi connectivity index (χ2v) is 5.22. The fourth-order valence-electron chi connectivity index (χ4n) is 2.72. The Labute approximate surface area is 122 Å². The second kappa shape index (κ2) is 5.16. The molecule has 5 heteroatoms. The molecule has 1 aliphatic carbocycles. The van der Waals surface area contributed by atoms with Crippen LogP contribution in [0.3, 0.4) is 0 Å². The van der Waals surface area contributed by atoms with Crippen molar-refractivity contribution >= 4 is 11.6 Å². The van der Waals surface area contributed by atoms with Crippen molar-refractivity contribution in [2.24, 2.45) is 13.0 Å². The minimum Gasteiger partial charge on any atom is -0.497 e. The number of methoxy groups -OCH3 is 1. The SMILES string of the molecule is COc1ccc2c(c1)C(=O)C(C(=O)c1ccn(C)n1)CC2. The first kappa shape index (κ1) is 13.5. The molecule has 0 bridgehead atoms. The van der Waals surface area contributed by atoms with Crippen molar-refractivity contribution in [3.05, 3.63) is 47.3 Å². The lowest BCUT2D eigenvalue weighted by Crippen LogP contribution is -2.30. The summed E-state index contributed by atoms with van der Waals surface area (Å²) < 4.78 is 6.73. The lowest BCUT2D eigenvalue weighted by molar-refractivity contribution is 0.0787. The molecular formula is C16H16N2O3. The van der Waals surface area contributed by atoms with Gasteiger partial charge in [0.15, 0.2) is 11.6 Å². The van der Waals surface area contributed by atoms with E-state index in [4.69, 9.17) is 4.74 Å². The van der Waals surface area contributed by atoms with E-state index >= 15 is 0 Å². The normalized spacial score (nSPS) is 17.4. The van der Waals surface area contributed by atoms with Crippen LogP contribution in [0, 0.1) is 5.92 Å². The number of hydrogen-bond donors (Lipinski definition) is 0. The van der Waals surface area contributed by atoms with Crippen molar-refractivity contribution in [2.45, 2.75) is 12.8 Å². The molecule has 0 fully saturated rings. The Bertz CT molecular complexity index is 718. The van der Waals surface area contributed by atoms with E-state index in [0.717, 1.165) is 5.56 Å². The average Bonchev–Trinajstić information content (AvgIpc) is 2.93. The Kier molecular flexibility index (Phi) is 3.33. The maximum Gasteiger partial charge on any atom is 0.193 e. The van der Waals surface area contributed by atoms with E-state index < -0.39 is 5.92 Å². The maximum atomic E-state index is 12.6. The fourth-order valence-corrected chi connectivity index (χ4v) is 2.72. The van der Waals surface area contributed by atoms with Gasteiger partial charge in [0.05, 0.1) is 13.0 Å². The van der Waals surface area contributed by atoms with Crippen LogP contribution in [0.5, 0.6) is 5.75 Å². The lowest BCUT2D eigenvalue weighted by Gasteiger charge is -2.22. The molecule has 21 heavy (non-hydrogen) atoms. The van der Waals surface area contributed by atoms with Gasteiger partial charge in [0.2, 0.25) is 0 Å². The number of Topliss-reactive ketones (excluding diaryl/α,β-unsaturated/α-hetero) is 2. The van der Waals surface area contributed by atoms with Crippen LogP contribution in [0.25, 0.3) is 0 Å². The first-order valence-corrected chi connectivity index (χ1v) is 6.85. The van der Waals surface area contributed by atoms with Crippen LogP contribution in [0.1, 0.15) is 32.8 Å². The van der Waals surface area contributed by atoms with Crippen LogP contribution < -0.4 is 4.74 Å². The molecule has 1 atom stereocenters.